The van der Waals surface area contributed by atoms with Crippen LogP contribution in [0, 0.1) is 0 Å². The molecule has 134 valence electrons. The molecule has 0 fully saturated rings. The standard InChI is InChI=1S/C19H19BrN4O2/c1-3-12(2)13-4-7-18(25)17(8-13)23-19(26)15-9-14(5-6-16(15)20)24-10-21-22-11-24/h4-12,25H,3H2,1-2H3,(H,23,26)/t12-/m1/s1. The van der Waals surface area contributed by atoms with E-state index >= 15 is 0 Å². The fourth-order valence-corrected chi connectivity index (χ4v) is 2.99. The van der Waals surface area contributed by atoms with Crippen LogP contribution in [0.5, 0.6) is 5.75 Å². The van der Waals surface area contributed by atoms with E-state index in [2.05, 4.69) is 45.3 Å². The Labute approximate surface area is 160 Å². The summed E-state index contributed by atoms with van der Waals surface area (Å²) in [4.78, 5) is 12.8. The number of benzene rings is 2. The molecule has 1 heterocycles. The minimum atomic E-state index is -0.316. The molecular formula is C19H19BrN4O2. The summed E-state index contributed by atoms with van der Waals surface area (Å²) in [5, 5.41) is 20.5. The number of hydrogen-bond donors (Lipinski definition) is 2. The molecule has 0 bridgehead atoms. The third-order valence-corrected chi connectivity index (χ3v) is 5.05. The highest BCUT2D eigenvalue weighted by Gasteiger charge is 2.15. The molecule has 0 radical (unpaired) electrons. The zero-order valence-corrected chi connectivity index (χ0v) is 16.1. The first-order valence-electron chi connectivity index (χ1n) is 8.28. The predicted octanol–water partition coefficient (Wildman–Crippen LogP) is 4.50. The Kier molecular flexibility index (Phi) is 5.37. The van der Waals surface area contributed by atoms with E-state index in [0.29, 0.717) is 21.6 Å². The number of nitrogens with one attached hydrogen (secondary N) is 1. The number of halogens is 1. The summed E-state index contributed by atoms with van der Waals surface area (Å²) in [5.41, 5.74) is 2.68. The van der Waals surface area contributed by atoms with Crippen molar-refractivity contribution in [2.75, 3.05) is 5.32 Å². The maximum atomic E-state index is 12.8. The normalized spacial score (nSPS) is 12.0. The molecule has 3 rings (SSSR count). The van der Waals surface area contributed by atoms with Crippen molar-refractivity contribution < 1.29 is 9.90 Å². The van der Waals surface area contributed by atoms with Gasteiger partial charge in [-0.25, -0.2) is 0 Å². The number of phenolic OH excluding ortho intramolecular Hbond substituents is 1. The van der Waals surface area contributed by atoms with Crippen molar-refractivity contribution in [1.82, 2.24) is 14.8 Å². The van der Waals surface area contributed by atoms with Gasteiger partial charge >= 0.3 is 0 Å². The van der Waals surface area contributed by atoms with Crippen molar-refractivity contribution in [1.29, 1.82) is 0 Å². The molecule has 2 aromatic carbocycles. The van der Waals surface area contributed by atoms with E-state index < -0.39 is 0 Å². The van der Waals surface area contributed by atoms with E-state index in [-0.39, 0.29) is 11.7 Å². The fraction of sp³-hybridized carbons (Fsp3) is 0.211. The molecule has 6 nitrogen and oxygen atoms in total. The van der Waals surface area contributed by atoms with Crippen molar-refractivity contribution >= 4 is 27.5 Å². The quantitative estimate of drug-likeness (QED) is 0.602. The van der Waals surface area contributed by atoms with Gasteiger partial charge in [0.1, 0.15) is 18.4 Å². The molecule has 0 saturated heterocycles. The first kappa shape index (κ1) is 18.1. The minimum Gasteiger partial charge on any atom is -0.506 e. The molecule has 1 atom stereocenters. The molecule has 26 heavy (non-hydrogen) atoms. The van der Waals surface area contributed by atoms with E-state index in [1.165, 1.54) is 0 Å². The van der Waals surface area contributed by atoms with Gasteiger partial charge in [-0.15, -0.1) is 10.2 Å². The molecule has 3 aromatic rings. The molecule has 0 unspecified atom stereocenters. The number of aromatic nitrogens is 3. The Morgan fingerprint density at radius 3 is 2.65 bits per heavy atom. The monoisotopic (exact) mass is 414 g/mol. The van der Waals surface area contributed by atoms with E-state index in [9.17, 15) is 9.90 Å². The number of anilines is 1. The SMILES string of the molecule is CC[C@@H](C)c1ccc(O)c(NC(=O)c2cc(-n3cnnc3)ccc2Br)c1. The van der Waals surface area contributed by atoms with Crippen LogP contribution in [0.4, 0.5) is 5.69 Å². The maximum absolute atomic E-state index is 12.8. The van der Waals surface area contributed by atoms with Crippen molar-refractivity contribution in [3.8, 4) is 11.4 Å². The van der Waals surface area contributed by atoms with Crippen LogP contribution in [0.15, 0.2) is 53.5 Å². The van der Waals surface area contributed by atoms with E-state index in [0.717, 1.165) is 17.7 Å². The Morgan fingerprint density at radius 2 is 1.96 bits per heavy atom. The van der Waals surface area contributed by atoms with E-state index in [1.54, 1.807) is 35.4 Å². The Morgan fingerprint density at radius 1 is 1.23 bits per heavy atom. The zero-order valence-electron chi connectivity index (χ0n) is 14.5. The number of aromatic hydroxyl groups is 1. The summed E-state index contributed by atoms with van der Waals surface area (Å²) in [6, 6.07) is 10.7. The first-order chi connectivity index (χ1) is 12.5. The average molecular weight is 415 g/mol. The van der Waals surface area contributed by atoms with Gasteiger partial charge < -0.3 is 10.4 Å². The van der Waals surface area contributed by atoms with Crippen LogP contribution in [-0.4, -0.2) is 25.8 Å². The molecule has 0 spiro atoms. The summed E-state index contributed by atoms with van der Waals surface area (Å²) in [6.07, 6.45) is 4.10. The Hall–Kier alpha value is -2.67. The molecule has 7 heteroatoms. The van der Waals surface area contributed by atoms with Gasteiger partial charge in [0.05, 0.1) is 11.3 Å². The number of hydrogen-bond acceptors (Lipinski definition) is 4. The molecule has 0 aliphatic rings. The minimum absolute atomic E-state index is 0.0384. The van der Waals surface area contributed by atoms with Gasteiger partial charge in [0.2, 0.25) is 0 Å². The largest absolute Gasteiger partial charge is 0.506 e. The number of carbonyl (C=O) groups is 1. The summed E-state index contributed by atoms with van der Waals surface area (Å²) in [5.74, 6) is 0.0648. The highest BCUT2D eigenvalue weighted by molar-refractivity contribution is 9.10. The highest BCUT2D eigenvalue weighted by Crippen LogP contribution is 2.30. The highest BCUT2D eigenvalue weighted by atomic mass is 79.9. The lowest BCUT2D eigenvalue weighted by Gasteiger charge is -2.14. The summed E-state index contributed by atoms with van der Waals surface area (Å²) < 4.78 is 2.37. The lowest BCUT2D eigenvalue weighted by atomic mass is 9.98. The smallest absolute Gasteiger partial charge is 0.256 e. The first-order valence-corrected chi connectivity index (χ1v) is 9.07. The summed E-state index contributed by atoms with van der Waals surface area (Å²) in [6.45, 7) is 4.21. The second-order valence-corrected chi connectivity index (χ2v) is 6.93. The molecular weight excluding hydrogens is 396 g/mol. The fourth-order valence-electron chi connectivity index (χ4n) is 2.57. The lowest BCUT2D eigenvalue weighted by Crippen LogP contribution is -2.13. The molecule has 2 N–H and O–H groups in total. The Bertz CT molecular complexity index is 925. The third-order valence-electron chi connectivity index (χ3n) is 4.36. The molecule has 1 aromatic heterocycles. The lowest BCUT2D eigenvalue weighted by molar-refractivity contribution is 0.102. The van der Waals surface area contributed by atoms with E-state index in [4.69, 9.17) is 0 Å². The van der Waals surface area contributed by atoms with Crippen molar-refractivity contribution in [3.05, 3.63) is 64.7 Å². The zero-order chi connectivity index (χ0) is 18.7. The molecule has 0 aliphatic heterocycles. The Balaban J connectivity index is 1.90. The van der Waals surface area contributed by atoms with Crippen molar-refractivity contribution in [2.24, 2.45) is 0 Å². The van der Waals surface area contributed by atoms with Crippen molar-refractivity contribution in [3.63, 3.8) is 0 Å². The van der Waals surface area contributed by atoms with Gasteiger partial charge in [-0.1, -0.05) is 19.9 Å². The topological polar surface area (TPSA) is 80.0 Å². The number of carbonyl (C=O) groups excluding carboxylic acids is 1. The number of nitrogens with zero attached hydrogens (tertiary/aromatic N) is 3. The second-order valence-electron chi connectivity index (χ2n) is 6.07. The van der Waals surface area contributed by atoms with Gasteiger partial charge in [0, 0.05) is 10.2 Å². The van der Waals surface area contributed by atoms with Crippen LogP contribution >= 0.6 is 15.9 Å². The third kappa shape index (κ3) is 3.77. The predicted molar refractivity (Wildman–Crippen MR) is 104 cm³/mol. The van der Waals surface area contributed by atoms with Crippen LogP contribution < -0.4 is 5.32 Å². The maximum Gasteiger partial charge on any atom is 0.256 e. The van der Waals surface area contributed by atoms with Crippen LogP contribution in [0.3, 0.4) is 0 Å². The number of amides is 1. The van der Waals surface area contributed by atoms with Crippen LogP contribution in [0.1, 0.15) is 42.1 Å². The number of phenols is 1. The van der Waals surface area contributed by atoms with Crippen LogP contribution in [-0.2, 0) is 0 Å². The van der Waals surface area contributed by atoms with Gasteiger partial charge in [0.25, 0.3) is 5.91 Å². The second kappa shape index (κ2) is 7.70. The molecule has 0 saturated carbocycles. The summed E-state index contributed by atoms with van der Waals surface area (Å²) >= 11 is 3.41. The van der Waals surface area contributed by atoms with Crippen molar-refractivity contribution in [2.45, 2.75) is 26.2 Å². The van der Waals surface area contributed by atoms with Gasteiger partial charge in [-0.05, 0) is 64.2 Å². The number of rotatable bonds is 5. The van der Waals surface area contributed by atoms with Crippen LogP contribution in [0.2, 0.25) is 0 Å². The van der Waals surface area contributed by atoms with Crippen LogP contribution in [0.25, 0.3) is 5.69 Å². The average Bonchev–Trinajstić information content (AvgIpc) is 3.18. The van der Waals surface area contributed by atoms with Gasteiger partial charge in [0.15, 0.2) is 0 Å². The van der Waals surface area contributed by atoms with Gasteiger partial charge in [-0.3, -0.25) is 9.36 Å². The van der Waals surface area contributed by atoms with E-state index in [1.807, 2.05) is 18.2 Å². The summed E-state index contributed by atoms with van der Waals surface area (Å²) in [7, 11) is 0. The van der Waals surface area contributed by atoms with Gasteiger partial charge in [-0.2, -0.15) is 0 Å². The molecule has 1 amide bonds. The molecule has 0 aliphatic carbocycles.